The van der Waals surface area contributed by atoms with E-state index in [1.54, 1.807) is 6.07 Å². The average Bonchev–Trinajstić information content (AvgIpc) is 2.33. The molecule has 0 aromatic heterocycles. The lowest BCUT2D eigenvalue weighted by Crippen LogP contribution is -2.13. The number of nitrogens with two attached hydrogens (primary N) is 1. The Balaban J connectivity index is 2.15. The fourth-order valence-corrected chi connectivity index (χ4v) is 2.34. The summed E-state index contributed by atoms with van der Waals surface area (Å²) in [6.45, 7) is 2.06. The molecule has 0 aliphatic rings. The zero-order valence-corrected chi connectivity index (χ0v) is 11.7. The van der Waals surface area contributed by atoms with Gasteiger partial charge in [0.1, 0.15) is 0 Å². The fraction of sp³-hybridized carbons (Fsp3) is 0.200. The maximum absolute atomic E-state index is 6.19. The lowest BCUT2D eigenvalue weighted by molar-refractivity contribution is 0.722. The van der Waals surface area contributed by atoms with E-state index in [9.17, 15) is 0 Å². The second kappa shape index (κ2) is 5.75. The van der Waals surface area contributed by atoms with Gasteiger partial charge in [-0.15, -0.1) is 0 Å². The van der Waals surface area contributed by atoms with E-state index < -0.39 is 0 Å². The first-order valence-corrected chi connectivity index (χ1v) is 6.58. The zero-order valence-electron chi connectivity index (χ0n) is 10.2. The molecule has 0 radical (unpaired) electrons. The maximum Gasteiger partial charge on any atom is 0.0453 e. The lowest BCUT2D eigenvalue weighted by Gasteiger charge is -2.13. The van der Waals surface area contributed by atoms with Crippen molar-refractivity contribution in [3.63, 3.8) is 0 Å². The molecule has 2 aromatic rings. The molecule has 0 amide bonds. The Hall–Kier alpha value is -1.02. The van der Waals surface area contributed by atoms with Gasteiger partial charge in [0.25, 0.3) is 0 Å². The van der Waals surface area contributed by atoms with Gasteiger partial charge in [0, 0.05) is 16.1 Å². The first kappa shape index (κ1) is 13.4. The van der Waals surface area contributed by atoms with Gasteiger partial charge in [0.05, 0.1) is 0 Å². The van der Waals surface area contributed by atoms with Crippen LogP contribution in [0.3, 0.4) is 0 Å². The van der Waals surface area contributed by atoms with Gasteiger partial charge in [0.15, 0.2) is 0 Å². The zero-order chi connectivity index (χ0) is 13.1. The molecule has 0 aliphatic carbocycles. The summed E-state index contributed by atoms with van der Waals surface area (Å²) in [6, 6.07) is 13.7. The summed E-state index contributed by atoms with van der Waals surface area (Å²) in [4.78, 5) is 0. The second-order valence-corrected chi connectivity index (χ2v) is 5.30. The van der Waals surface area contributed by atoms with Crippen LogP contribution in [-0.4, -0.2) is 0 Å². The van der Waals surface area contributed by atoms with Crippen LogP contribution >= 0.6 is 23.2 Å². The highest BCUT2D eigenvalue weighted by Gasteiger charge is 2.09. The molecule has 0 spiro atoms. The summed E-state index contributed by atoms with van der Waals surface area (Å²) in [6.07, 6.45) is 0.707. The van der Waals surface area contributed by atoms with Crippen molar-refractivity contribution < 1.29 is 0 Å². The molecule has 2 aromatic carbocycles. The SMILES string of the molecule is Cc1ccc(C(N)Cc2ccc(Cl)cc2Cl)cc1. The molecule has 1 atom stereocenters. The molecule has 1 unspecified atom stereocenters. The van der Waals surface area contributed by atoms with Gasteiger partial charge in [-0.2, -0.15) is 0 Å². The molecular weight excluding hydrogens is 265 g/mol. The van der Waals surface area contributed by atoms with Crippen LogP contribution < -0.4 is 5.73 Å². The summed E-state index contributed by atoms with van der Waals surface area (Å²) in [5.74, 6) is 0. The van der Waals surface area contributed by atoms with E-state index in [-0.39, 0.29) is 6.04 Å². The van der Waals surface area contributed by atoms with Crippen LogP contribution in [0.1, 0.15) is 22.7 Å². The lowest BCUT2D eigenvalue weighted by atomic mass is 9.99. The Kier molecular flexibility index (Phi) is 4.28. The van der Waals surface area contributed by atoms with E-state index in [4.69, 9.17) is 28.9 Å². The van der Waals surface area contributed by atoms with Crippen molar-refractivity contribution in [2.24, 2.45) is 5.73 Å². The number of hydrogen-bond acceptors (Lipinski definition) is 1. The summed E-state index contributed by atoms with van der Waals surface area (Å²) in [7, 11) is 0. The van der Waals surface area contributed by atoms with Crippen LogP contribution in [-0.2, 0) is 6.42 Å². The van der Waals surface area contributed by atoms with Crippen molar-refractivity contribution in [1.29, 1.82) is 0 Å². The van der Waals surface area contributed by atoms with Crippen molar-refractivity contribution in [2.45, 2.75) is 19.4 Å². The molecule has 18 heavy (non-hydrogen) atoms. The normalized spacial score (nSPS) is 12.4. The predicted octanol–water partition coefficient (Wildman–Crippen LogP) is 4.54. The van der Waals surface area contributed by atoms with Gasteiger partial charge < -0.3 is 5.73 Å². The number of aryl methyl sites for hydroxylation is 1. The first-order chi connectivity index (χ1) is 8.56. The van der Waals surface area contributed by atoms with Crippen LogP contribution in [0.5, 0.6) is 0 Å². The average molecular weight is 280 g/mol. The summed E-state index contributed by atoms with van der Waals surface area (Å²) in [5, 5.41) is 1.32. The summed E-state index contributed by atoms with van der Waals surface area (Å²) in [5.41, 5.74) is 9.56. The third-order valence-electron chi connectivity index (χ3n) is 2.96. The molecule has 0 aliphatic heterocycles. The Bertz CT molecular complexity index is 535. The monoisotopic (exact) mass is 279 g/mol. The Morgan fingerprint density at radius 3 is 2.33 bits per heavy atom. The van der Waals surface area contributed by atoms with Crippen molar-refractivity contribution in [3.05, 3.63) is 69.2 Å². The van der Waals surface area contributed by atoms with Crippen molar-refractivity contribution in [1.82, 2.24) is 0 Å². The Labute approximate surface area is 118 Å². The Morgan fingerprint density at radius 2 is 1.72 bits per heavy atom. The molecule has 94 valence electrons. The van der Waals surface area contributed by atoms with E-state index in [1.165, 1.54) is 5.56 Å². The molecule has 3 heteroatoms. The van der Waals surface area contributed by atoms with Crippen LogP contribution in [0.15, 0.2) is 42.5 Å². The van der Waals surface area contributed by atoms with Crippen LogP contribution in [0.25, 0.3) is 0 Å². The van der Waals surface area contributed by atoms with E-state index >= 15 is 0 Å². The van der Waals surface area contributed by atoms with E-state index in [0.717, 1.165) is 11.1 Å². The smallest absolute Gasteiger partial charge is 0.0453 e. The van der Waals surface area contributed by atoms with E-state index in [1.807, 2.05) is 12.1 Å². The molecule has 0 saturated heterocycles. The van der Waals surface area contributed by atoms with Gasteiger partial charge in [-0.3, -0.25) is 0 Å². The molecule has 0 saturated carbocycles. The highest BCUT2D eigenvalue weighted by Crippen LogP contribution is 2.25. The predicted molar refractivity (Wildman–Crippen MR) is 78.3 cm³/mol. The number of rotatable bonds is 3. The van der Waals surface area contributed by atoms with Crippen LogP contribution in [0.2, 0.25) is 10.0 Å². The third-order valence-corrected chi connectivity index (χ3v) is 3.55. The van der Waals surface area contributed by atoms with Crippen molar-refractivity contribution >= 4 is 23.2 Å². The minimum Gasteiger partial charge on any atom is -0.324 e. The van der Waals surface area contributed by atoms with Gasteiger partial charge >= 0.3 is 0 Å². The van der Waals surface area contributed by atoms with Crippen LogP contribution in [0.4, 0.5) is 0 Å². The van der Waals surface area contributed by atoms with Crippen LogP contribution in [0, 0.1) is 6.92 Å². The van der Waals surface area contributed by atoms with E-state index in [2.05, 4.69) is 31.2 Å². The quantitative estimate of drug-likeness (QED) is 0.877. The van der Waals surface area contributed by atoms with Gasteiger partial charge in [-0.05, 0) is 36.6 Å². The molecular formula is C15H15Cl2N. The number of hydrogen-bond donors (Lipinski definition) is 1. The van der Waals surface area contributed by atoms with Crippen molar-refractivity contribution in [2.75, 3.05) is 0 Å². The second-order valence-electron chi connectivity index (χ2n) is 4.46. The highest BCUT2D eigenvalue weighted by atomic mass is 35.5. The fourth-order valence-electron chi connectivity index (χ4n) is 1.86. The minimum atomic E-state index is -0.0516. The van der Waals surface area contributed by atoms with Gasteiger partial charge in [-0.1, -0.05) is 59.1 Å². The molecule has 2 rings (SSSR count). The third kappa shape index (κ3) is 3.26. The Morgan fingerprint density at radius 1 is 1.06 bits per heavy atom. The maximum atomic E-state index is 6.19. The number of halogens is 2. The molecule has 0 heterocycles. The molecule has 0 bridgehead atoms. The topological polar surface area (TPSA) is 26.0 Å². The van der Waals surface area contributed by atoms with Gasteiger partial charge in [0.2, 0.25) is 0 Å². The summed E-state index contributed by atoms with van der Waals surface area (Å²) >= 11 is 12.0. The molecule has 2 N–H and O–H groups in total. The molecule has 1 nitrogen and oxygen atoms in total. The largest absolute Gasteiger partial charge is 0.324 e. The molecule has 0 fully saturated rings. The number of benzene rings is 2. The highest BCUT2D eigenvalue weighted by molar-refractivity contribution is 6.35. The first-order valence-electron chi connectivity index (χ1n) is 5.82. The van der Waals surface area contributed by atoms with Crippen molar-refractivity contribution in [3.8, 4) is 0 Å². The van der Waals surface area contributed by atoms with E-state index in [0.29, 0.717) is 16.5 Å². The van der Waals surface area contributed by atoms with Gasteiger partial charge in [-0.25, -0.2) is 0 Å². The summed E-state index contributed by atoms with van der Waals surface area (Å²) < 4.78 is 0. The minimum absolute atomic E-state index is 0.0516. The standard InChI is InChI=1S/C15H15Cl2N/c1-10-2-4-11(5-3-10)15(18)8-12-6-7-13(16)9-14(12)17/h2-7,9,15H,8,18H2,1H3.